The average molecular weight is 844 g/mol. The van der Waals surface area contributed by atoms with Gasteiger partial charge in [0.2, 0.25) is 11.8 Å². The van der Waals surface area contributed by atoms with E-state index in [-0.39, 0.29) is 24.5 Å². The maximum Gasteiger partial charge on any atom is 0.408 e. The predicted molar refractivity (Wildman–Crippen MR) is 221 cm³/mol. The van der Waals surface area contributed by atoms with Gasteiger partial charge in [0.1, 0.15) is 41.0 Å². The number of nitrogens with zero attached hydrogens (tertiary/aromatic N) is 1. The summed E-state index contributed by atoms with van der Waals surface area (Å²) in [4.78, 5) is 92.0. The van der Waals surface area contributed by atoms with E-state index in [0.717, 1.165) is 0 Å². The Morgan fingerprint density at radius 2 is 1.40 bits per heavy atom. The van der Waals surface area contributed by atoms with E-state index in [1.807, 2.05) is 60.7 Å². The fourth-order valence-electron chi connectivity index (χ4n) is 6.22. The molecule has 0 radical (unpaired) electrons. The van der Waals surface area contributed by atoms with Gasteiger partial charge in [0.15, 0.2) is 6.10 Å². The van der Waals surface area contributed by atoms with Gasteiger partial charge in [-0.3, -0.25) is 19.3 Å². The molecule has 0 bridgehead atoms. The normalized spacial score (nSPS) is 16.7. The molecule has 5 rings (SSSR count). The maximum atomic E-state index is 14.0. The number of nitrogens with one attached hydrogen (secondary N) is 3. The Hall–Kier alpha value is -6.36. The van der Waals surface area contributed by atoms with E-state index in [1.54, 1.807) is 65.8 Å². The van der Waals surface area contributed by atoms with Gasteiger partial charge in [-0.05, 0) is 70.4 Å². The number of hydrogen-bond acceptors (Lipinski definition) is 12. The highest BCUT2D eigenvalue weighted by atomic mass is 32.2. The number of primary amides is 1. The summed E-state index contributed by atoms with van der Waals surface area (Å²) in [5.74, 6) is -3.06. The number of nitrogens with two attached hydrogens (primary N) is 1. The van der Waals surface area contributed by atoms with Crippen molar-refractivity contribution in [3.8, 4) is 0 Å². The van der Waals surface area contributed by atoms with Crippen molar-refractivity contribution in [3.63, 3.8) is 0 Å². The standard InChI is InChI=1S/C43H49N5O11S/c1-42(2,3)58-38(52)30(46-41(55)59-43(4,5)6)22-32(50)45-29-19-17-25(18-20-29)21-31(49)47-33-36(51)48-34(28(23-56-40(44)54)24-60-37(33)48)39(53)57-35(26-13-9-7-10-14-26)27-15-11-8-12-16-27/h7-20,30,33,35,37H,21-24H2,1-6H3,(H2,44,54)(H,45,50)(H,46,55)(H,47,49)/t30-,33-,37+/m1/s1. The van der Waals surface area contributed by atoms with Gasteiger partial charge in [-0.1, -0.05) is 72.8 Å². The zero-order valence-electron chi connectivity index (χ0n) is 34.1. The number of carbonyl (C=O) groups is 7. The molecular weight excluding hydrogens is 795 g/mol. The molecule has 1 saturated heterocycles. The predicted octanol–water partition coefficient (Wildman–Crippen LogP) is 4.87. The summed E-state index contributed by atoms with van der Waals surface area (Å²) in [6.45, 7) is 9.62. The van der Waals surface area contributed by atoms with Crippen molar-refractivity contribution in [3.05, 3.63) is 113 Å². The lowest BCUT2D eigenvalue weighted by Gasteiger charge is -2.49. The molecule has 0 aromatic heterocycles. The minimum Gasteiger partial charge on any atom is -0.458 e. The Labute approximate surface area is 351 Å². The van der Waals surface area contributed by atoms with Crippen molar-refractivity contribution in [1.82, 2.24) is 15.5 Å². The number of fused-ring (bicyclic) bond motifs is 1. The third-order valence-corrected chi connectivity index (χ3v) is 10.1. The highest BCUT2D eigenvalue weighted by molar-refractivity contribution is 8.00. The zero-order chi connectivity index (χ0) is 43.8. The van der Waals surface area contributed by atoms with Gasteiger partial charge in [-0.15, -0.1) is 11.8 Å². The number of hydrogen-bond donors (Lipinski definition) is 4. The van der Waals surface area contributed by atoms with Crippen LogP contribution in [0.15, 0.2) is 96.2 Å². The van der Waals surface area contributed by atoms with Crippen LogP contribution in [0.5, 0.6) is 0 Å². The molecule has 3 atom stereocenters. The summed E-state index contributed by atoms with van der Waals surface area (Å²) in [5, 5.41) is 7.20. The van der Waals surface area contributed by atoms with Gasteiger partial charge in [0.05, 0.1) is 12.8 Å². The number of carbonyl (C=O) groups excluding carboxylic acids is 7. The summed E-state index contributed by atoms with van der Waals surface area (Å²) in [6.07, 6.45) is -3.32. The molecule has 3 aromatic carbocycles. The summed E-state index contributed by atoms with van der Waals surface area (Å²) >= 11 is 1.28. The van der Waals surface area contributed by atoms with Gasteiger partial charge >= 0.3 is 24.1 Å². The maximum absolute atomic E-state index is 14.0. The first-order valence-corrected chi connectivity index (χ1v) is 20.1. The van der Waals surface area contributed by atoms with Gasteiger partial charge in [0.25, 0.3) is 5.91 Å². The lowest BCUT2D eigenvalue weighted by atomic mass is 10.0. The fraction of sp³-hybridized carbons (Fsp3) is 0.372. The number of rotatable bonds is 14. The van der Waals surface area contributed by atoms with Crippen LogP contribution in [0, 0.1) is 0 Å². The van der Waals surface area contributed by atoms with Crippen molar-refractivity contribution in [2.24, 2.45) is 5.73 Å². The SMILES string of the molecule is CC(C)(C)OC(=O)N[C@H](CC(=O)Nc1ccc(CC(=O)N[C@@H]2C(=O)N3C(C(=O)OC(c4ccccc4)c4ccccc4)=C(COC(N)=O)CS[C@@H]23)cc1)C(=O)OC(C)(C)C. The van der Waals surface area contributed by atoms with Crippen molar-refractivity contribution in [2.75, 3.05) is 17.7 Å². The van der Waals surface area contributed by atoms with Crippen molar-refractivity contribution in [1.29, 1.82) is 0 Å². The van der Waals surface area contributed by atoms with Crippen LogP contribution >= 0.6 is 11.8 Å². The van der Waals surface area contributed by atoms with Crippen LogP contribution in [0.25, 0.3) is 0 Å². The van der Waals surface area contributed by atoms with E-state index < -0.39 is 83.0 Å². The molecule has 2 aliphatic heterocycles. The van der Waals surface area contributed by atoms with E-state index in [9.17, 15) is 33.6 Å². The highest BCUT2D eigenvalue weighted by Gasteiger charge is 2.54. The van der Waals surface area contributed by atoms with Crippen LogP contribution in [0.1, 0.15) is 70.8 Å². The second-order valence-corrected chi connectivity index (χ2v) is 17.1. The van der Waals surface area contributed by atoms with E-state index in [2.05, 4.69) is 16.0 Å². The molecule has 2 heterocycles. The number of alkyl carbamates (subject to hydrolysis) is 1. The molecule has 0 spiro atoms. The largest absolute Gasteiger partial charge is 0.458 e. The number of thioether (sulfide) groups is 1. The number of amides is 5. The first kappa shape index (κ1) is 44.7. The van der Waals surface area contributed by atoms with E-state index in [4.69, 9.17) is 24.7 Å². The van der Waals surface area contributed by atoms with Crippen LogP contribution in [0.3, 0.4) is 0 Å². The summed E-state index contributed by atoms with van der Waals surface area (Å²) in [7, 11) is 0. The number of ether oxygens (including phenoxy) is 4. The van der Waals surface area contributed by atoms with E-state index in [1.165, 1.54) is 16.7 Å². The third-order valence-electron chi connectivity index (χ3n) is 8.75. The second kappa shape index (κ2) is 19.1. The fourth-order valence-corrected chi connectivity index (χ4v) is 7.54. The first-order chi connectivity index (χ1) is 28.3. The van der Waals surface area contributed by atoms with Gasteiger partial charge < -0.3 is 40.6 Å². The summed E-state index contributed by atoms with van der Waals surface area (Å²) in [6, 6.07) is 22.3. The van der Waals surface area contributed by atoms with E-state index in [0.29, 0.717) is 28.0 Å². The molecule has 0 aliphatic carbocycles. The molecule has 16 nitrogen and oxygen atoms in total. The molecule has 0 unspecified atom stereocenters. The van der Waals surface area contributed by atoms with Gasteiger partial charge in [-0.2, -0.15) is 0 Å². The quantitative estimate of drug-likeness (QED) is 0.0970. The van der Waals surface area contributed by atoms with Crippen LogP contribution in [-0.2, 0) is 49.3 Å². The topological polar surface area (TPSA) is 222 Å². The summed E-state index contributed by atoms with van der Waals surface area (Å²) in [5.41, 5.74) is 6.07. The Balaban J connectivity index is 1.22. The Bertz CT molecular complexity index is 2080. The molecular formula is C43H49N5O11S. The average Bonchev–Trinajstić information content (AvgIpc) is 3.17. The Morgan fingerprint density at radius 3 is 1.95 bits per heavy atom. The van der Waals surface area contributed by atoms with Crippen molar-refractivity contribution >= 4 is 59.3 Å². The van der Waals surface area contributed by atoms with Crippen LogP contribution in [0.4, 0.5) is 15.3 Å². The molecule has 60 heavy (non-hydrogen) atoms. The van der Waals surface area contributed by atoms with Gasteiger partial charge in [-0.25, -0.2) is 19.2 Å². The summed E-state index contributed by atoms with van der Waals surface area (Å²) < 4.78 is 21.8. The molecule has 3 aromatic rings. The molecule has 5 amide bonds. The van der Waals surface area contributed by atoms with Crippen LogP contribution in [-0.4, -0.2) is 87.8 Å². The number of esters is 2. The lowest BCUT2D eigenvalue weighted by molar-refractivity contribution is -0.158. The molecule has 318 valence electrons. The minimum absolute atomic E-state index is 0.0805. The number of β-lactam (4-membered cyclic amide) rings is 1. The molecule has 2 aliphatic rings. The van der Waals surface area contributed by atoms with Crippen LogP contribution in [0.2, 0.25) is 0 Å². The number of benzene rings is 3. The minimum atomic E-state index is -1.33. The number of anilines is 1. The second-order valence-electron chi connectivity index (χ2n) is 16.0. The van der Waals surface area contributed by atoms with Crippen molar-refractivity contribution < 1.29 is 52.5 Å². The van der Waals surface area contributed by atoms with Gasteiger partial charge in [0, 0.05) is 17.0 Å². The van der Waals surface area contributed by atoms with Crippen LogP contribution < -0.4 is 21.7 Å². The third kappa shape index (κ3) is 12.3. The van der Waals surface area contributed by atoms with Crippen molar-refractivity contribution in [2.45, 2.75) is 89.1 Å². The Kier molecular flexibility index (Phi) is 14.3. The lowest BCUT2D eigenvalue weighted by Crippen LogP contribution is -2.70. The zero-order valence-corrected chi connectivity index (χ0v) is 35.0. The monoisotopic (exact) mass is 843 g/mol. The van der Waals surface area contributed by atoms with E-state index >= 15 is 0 Å². The molecule has 0 saturated carbocycles. The molecule has 5 N–H and O–H groups in total. The Morgan fingerprint density at radius 1 is 0.817 bits per heavy atom. The molecule has 1 fully saturated rings. The highest BCUT2D eigenvalue weighted by Crippen LogP contribution is 2.42. The first-order valence-electron chi connectivity index (χ1n) is 19.1. The molecule has 17 heteroatoms. The smallest absolute Gasteiger partial charge is 0.408 e.